The third-order valence-corrected chi connectivity index (χ3v) is 7.51. The van der Waals surface area contributed by atoms with Crippen LogP contribution in [0.2, 0.25) is 0 Å². The highest BCUT2D eigenvalue weighted by molar-refractivity contribution is 7.92. The van der Waals surface area contributed by atoms with Crippen LogP contribution in [0, 0.1) is 0 Å². The Morgan fingerprint density at radius 3 is 2.03 bits per heavy atom. The fourth-order valence-electron chi connectivity index (χ4n) is 4.12. The van der Waals surface area contributed by atoms with E-state index in [9.17, 15) is 18.0 Å². The molecule has 3 N–H and O–H groups in total. The summed E-state index contributed by atoms with van der Waals surface area (Å²) in [6, 6.07) is 22.7. The maximum atomic E-state index is 13.1. The zero-order valence-electron chi connectivity index (χ0n) is 18.9. The van der Waals surface area contributed by atoms with E-state index in [-0.39, 0.29) is 16.7 Å². The van der Waals surface area contributed by atoms with E-state index < -0.39 is 15.4 Å². The van der Waals surface area contributed by atoms with Crippen LogP contribution in [0.1, 0.15) is 37.3 Å². The van der Waals surface area contributed by atoms with Crippen LogP contribution in [0.3, 0.4) is 0 Å². The molecule has 0 saturated heterocycles. The second-order valence-corrected chi connectivity index (χ2v) is 10.2. The zero-order valence-corrected chi connectivity index (χ0v) is 19.7. The van der Waals surface area contributed by atoms with Crippen molar-refractivity contribution in [2.75, 3.05) is 10.0 Å². The first kappa shape index (κ1) is 23.5. The number of carbonyl (C=O) groups excluding carboxylic acids is 2. The number of benzene rings is 3. The van der Waals surface area contributed by atoms with Gasteiger partial charge in [-0.1, -0.05) is 48.9 Å². The van der Waals surface area contributed by atoms with Crippen LogP contribution in [-0.2, 0) is 31.6 Å². The third kappa shape index (κ3) is 5.12. The minimum absolute atomic E-state index is 0.00445. The van der Waals surface area contributed by atoms with Gasteiger partial charge in [0.05, 0.1) is 10.3 Å². The highest BCUT2D eigenvalue weighted by Crippen LogP contribution is 2.44. The van der Waals surface area contributed by atoms with E-state index >= 15 is 0 Å². The predicted octanol–water partition coefficient (Wildman–Crippen LogP) is 4.18. The maximum absolute atomic E-state index is 13.1. The zero-order chi connectivity index (χ0) is 24.2. The molecule has 0 spiro atoms. The van der Waals surface area contributed by atoms with Gasteiger partial charge in [-0.2, -0.15) is 0 Å². The van der Waals surface area contributed by atoms with Crippen molar-refractivity contribution in [3.05, 3.63) is 90.0 Å². The molecule has 0 aromatic heterocycles. The van der Waals surface area contributed by atoms with E-state index in [0.717, 1.165) is 30.4 Å². The van der Waals surface area contributed by atoms with Crippen molar-refractivity contribution in [3.8, 4) is 0 Å². The van der Waals surface area contributed by atoms with Gasteiger partial charge in [0.25, 0.3) is 10.0 Å². The minimum Gasteiger partial charge on any atom is -0.351 e. The number of hydrogen-bond donors (Lipinski definition) is 3. The predicted molar refractivity (Wildman–Crippen MR) is 132 cm³/mol. The molecular weight excluding hydrogens is 450 g/mol. The van der Waals surface area contributed by atoms with Crippen LogP contribution in [-0.4, -0.2) is 20.2 Å². The highest BCUT2D eigenvalue weighted by Gasteiger charge is 2.45. The van der Waals surface area contributed by atoms with E-state index in [1.807, 2.05) is 42.5 Å². The largest absolute Gasteiger partial charge is 0.351 e. The first-order chi connectivity index (χ1) is 16.3. The molecule has 3 aromatic carbocycles. The molecule has 0 radical (unpaired) electrons. The Morgan fingerprint density at radius 1 is 0.853 bits per heavy atom. The Balaban J connectivity index is 1.44. The molecule has 8 heteroatoms. The van der Waals surface area contributed by atoms with Crippen LogP contribution < -0.4 is 15.4 Å². The fraction of sp³-hybridized carbons (Fsp3) is 0.231. The summed E-state index contributed by atoms with van der Waals surface area (Å²) in [6.07, 6.45) is 2.50. The molecule has 3 aromatic rings. The van der Waals surface area contributed by atoms with Gasteiger partial charge in [0.15, 0.2) is 0 Å². The van der Waals surface area contributed by atoms with Crippen molar-refractivity contribution in [2.24, 2.45) is 0 Å². The van der Waals surface area contributed by atoms with Gasteiger partial charge in [-0.3, -0.25) is 14.3 Å². The molecule has 34 heavy (non-hydrogen) atoms. The lowest BCUT2D eigenvalue weighted by Gasteiger charge is -2.40. The third-order valence-electron chi connectivity index (χ3n) is 6.11. The van der Waals surface area contributed by atoms with Crippen LogP contribution in [0.4, 0.5) is 11.4 Å². The second kappa shape index (κ2) is 9.69. The van der Waals surface area contributed by atoms with Gasteiger partial charge < -0.3 is 10.6 Å². The van der Waals surface area contributed by atoms with Crippen LogP contribution >= 0.6 is 0 Å². The van der Waals surface area contributed by atoms with E-state index in [1.165, 1.54) is 31.2 Å². The highest BCUT2D eigenvalue weighted by atomic mass is 32.2. The van der Waals surface area contributed by atoms with Gasteiger partial charge in [0.1, 0.15) is 0 Å². The summed E-state index contributed by atoms with van der Waals surface area (Å²) in [5.74, 6) is -0.234. The normalized spacial score (nSPS) is 14.5. The average molecular weight is 478 g/mol. The van der Waals surface area contributed by atoms with Gasteiger partial charge in [0, 0.05) is 24.8 Å². The molecule has 0 heterocycles. The van der Waals surface area contributed by atoms with Gasteiger partial charge in [-0.25, -0.2) is 8.42 Å². The van der Waals surface area contributed by atoms with Gasteiger partial charge in [-0.15, -0.1) is 0 Å². The number of anilines is 2. The van der Waals surface area contributed by atoms with E-state index in [4.69, 9.17) is 0 Å². The first-order valence-corrected chi connectivity index (χ1v) is 12.6. The van der Waals surface area contributed by atoms with Gasteiger partial charge >= 0.3 is 0 Å². The molecule has 7 nitrogen and oxygen atoms in total. The first-order valence-electron chi connectivity index (χ1n) is 11.1. The molecule has 0 atom stereocenters. The van der Waals surface area contributed by atoms with Gasteiger partial charge in [0.2, 0.25) is 11.8 Å². The smallest absolute Gasteiger partial charge is 0.261 e. The molecular formula is C26H27N3O4S. The lowest BCUT2D eigenvalue weighted by Crippen LogP contribution is -2.48. The van der Waals surface area contributed by atoms with E-state index in [1.54, 1.807) is 12.1 Å². The number of rotatable bonds is 8. The van der Waals surface area contributed by atoms with Crippen molar-refractivity contribution < 1.29 is 18.0 Å². The Labute approximate surface area is 199 Å². The molecule has 4 rings (SSSR count). The average Bonchev–Trinajstić information content (AvgIpc) is 2.78. The number of carbonyl (C=O) groups is 2. The summed E-state index contributed by atoms with van der Waals surface area (Å²) in [7, 11) is -3.80. The Bertz CT molecular complexity index is 1270. The summed E-state index contributed by atoms with van der Waals surface area (Å²) >= 11 is 0. The maximum Gasteiger partial charge on any atom is 0.261 e. The number of hydrogen-bond acceptors (Lipinski definition) is 4. The van der Waals surface area contributed by atoms with Crippen molar-refractivity contribution >= 4 is 33.2 Å². The molecule has 1 aliphatic carbocycles. The monoisotopic (exact) mass is 477 g/mol. The molecule has 176 valence electrons. The summed E-state index contributed by atoms with van der Waals surface area (Å²) in [6.45, 7) is 1.86. The Kier molecular flexibility index (Phi) is 6.70. The van der Waals surface area contributed by atoms with Crippen molar-refractivity contribution in [3.63, 3.8) is 0 Å². The molecule has 0 bridgehead atoms. The number of sulfonamides is 1. The lowest BCUT2D eigenvalue weighted by molar-refractivity contribution is -0.130. The Morgan fingerprint density at radius 2 is 1.47 bits per heavy atom. The number of amides is 2. The number of nitrogens with one attached hydrogen (secondary N) is 3. The fourth-order valence-corrected chi connectivity index (χ4v) is 5.18. The molecule has 2 amide bonds. The molecule has 0 unspecified atom stereocenters. The van der Waals surface area contributed by atoms with Crippen LogP contribution in [0.25, 0.3) is 0 Å². The molecule has 1 fully saturated rings. The quantitative estimate of drug-likeness (QED) is 0.453. The summed E-state index contributed by atoms with van der Waals surface area (Å²) in [5, 5.41) is 5.66. The summed E-state index contributed by atoms with van der Waals surface area (Å²) < 4.78 is 28.1. The van der Waals surface area contributed by atoms with Gasteiger partial charge in [-0.05, 0) is 60.4 Å². The Hall–Kier alpha value is -3.65. The standard InChI is InChI=1S/C26H27N3O4S/c1-19(30)28-22-12-14-24(15-13-22)34(32,33)29-23-10-8-21(9-11-23)26(16-5-17-26)25(31)27-18-20-6-3-2-4-7-20/h2-4,6-15,29H,5,16-18H2,1H3,(H,27,31)(H,28,30). The SMILES string of the molecule is CC(=O)Nc1ccc(S(=O)(=O)Nc2ccc(C3(C(=O)NCc4ccccc4)CCC3)cc2)cc1. The van der Waals surface area contributed by atoms with E-state index in [0.29, 0.717) is 17.9 Å². The van der Waals surface area contributed by atoms with E-state index in [2.05, 4.69) is 15.4 Å². The molecule has 1 aliphatic rings. The van der Waals surface area contributed by atoms with Crippen molar-refractivity contribution in [1.82, 2.24) is 5.32 Å². The second-order valence-electron chi connectivity index (χ2n) is 8.49. The molecule has 0 aliphatic heterocycles. The van der Waals surface area contributed by atoms with Crippen molar-refractivity contribution in [1.29, 1.82) is 0 Å². The van der Waals surface area contributed by atoms with Crippen LogP contribution in [0.5, 0.6) is 0 Å². The van der Waals surface area contributed by atoms with Crippen molar-refractivity contribution in [2.45, 2.75) is 43.0 Å². The summed E-state index contributed by atoms with van der Waals surface area (Å²) in [4.78, 5) is 24.3. The van der Waals surface area contributed by atoms with Crippen LogP contribution in [0.15, 0.2) is 83.8 Å². The lowest BCUT2D eigenvalue weighted by atomic mass is 9.63. The minimum atomic E-state index is -3.80. The summed E-state index contributed by atoms with van der Waals surface area (Å²) in [5.41, 5.74) is 2.28. The molecule has 1 saturated carbocycles. The topological polar surface area (TPSA) is 104 Å².